The summed E-state index contributed by atoms with van der Waals surface area (Å²) < 4.78 is 1.20. The van der Waals surface area contributed by atoms with Gasteiger partial charge in [0.15, 0.2) is 0 Å². The molecule has 3 rings (SSSR count). The van der Waals surface area contributed by atoms with Gasteiger partial charge in [-0.1, -0.05) is 40.9 Å². The molecular formula is C15H21BrN2. The Morgan fingerprint density at radius 3 is 2.72 bits per heavy atom. The fourth-order valence-electron chi connectivity index (χ4n) is 2.87. The van der Waals surface area contributed by atoms with Crippen LogP contribution in [0.5, 0.6) is 0 Å². The molecule has 1 aromatic rings. The molecule has 0 spiro atoms. The number of nitrogens with one attached hydrogen (secondary N) is 1. The van der Waals surface area contributed by atoms with E-state index in [4.69, 9.17) is 0 Å². The predicted molar refractivity (Wildman–Crippen MR) is 78.7 cm³/mol. The van der Waals surface area contributed by atoms with Gasteiger partial charge in [0.2, 0.25) is 0 Å². The van der Waals surface area contributed by atoms with Crippen LogP contribution in [0.1, 0.15) is 30.9 Å². The summed E-state index contributed by atoms with van der Waals surface area (Å²) in [6.45, 7) is 4.64. The van der Waals surface area contributed by atoms with E-state index in [9.17, 15) is 0 Å². The van der Waals surface area contributed by atoms with Gasteiger partial charge in [-0.2, -0.15) is 0 Å². The third kappa shape index (κ3) is 3.14. The molecule has 1 atom stereocenters. The number of piperazine rings is 1. The van der Waals surface area contributed by atoms with Crippen LogP contribution in [0.25, 0.3) is 0 Å². The Kier molecular flexibility index (Phi) is 4.02. The minimum atomic E-state index is 0.622. The summed E-state index contributed by atoms with van der Waals surface area (Å²) in [4.78, 5) is 2.66. The van der Waals surface area contributed by atoms with Crippen LogP contribution in [-0.2, 0) is 0 Å². The molecule has 0 unspecified atom stereocenters. The lowest BCUT2D eigenvalue weighted by molar-refractivity contribution is 0.160. The Labute approximate surface area is 118 Å². The average Bonchev–Trinajstić information content (AvgIpc) is 3.21. The number of benzene rings is 1. The van der Waals surface area contributed by atoms with Crippen molar-refractivity contribution < 1.29 is 0 Å². The second kappa shape index (κ2) is 5.72. The van der Waals surface area contributed by atoms with Gasteiger partial charge >= 0.3 is 0 Å². The number of hydrogen-bond donors (Lipinski definition) is 1. The molecule has 18 heavy (non-hydrogen) atoms. The quantitative estimate of drug-likeness (QED) is 0.919. The van der Waals surface area contributed by atoms with Gasteiger partial charge in [-0.05, 0) is 30.0 Å². The van der Waals surface area contributed by atoms with Gasteiger partial charge in [-0.15, -0.1) is 0 Å². The lowest BCUT2D eigenvalue weighted by atomic mass is 9.99. The Bertz CT molecular complexity index is 397. The Morgan fingerprint density at radius 1 is 1.28 bits per heavy atom. The van der Waals surface area contributed by atoms with Crippen molar-refractivity contribution in [2.75, 3.05) is 26.2 Å². The average molecular weight is 309 g/mol. The van der Waals surface area contributed by atoms with Crippen molar-refractivity contribution in [3.05, 3.63) is 34.3 Å². The molecule has 2 fully saturated rings. The third-order valence-corrected chi connectivity index (χ3v) is 4.57. The molecule has 1 aliphatic heterocycles. The van der Waals surface area contributed by atoms with Gasteiger partial charge in [-0.25, -0.2) is 0 Å². The van der Waals surface area contributed by atoms with E-state index in [2.05, 4.69) is 50.4 Å². The van der Waals surface area contributed by atoms with Crippen molar-refractivity contribution in [1.29, 1.82) is 0 Å². The van der Waals surface area contributed by atoms with Crippen molar-refractivity contribution in [3.63, 3.8) is 0 Å². The SMILES string of the molecule is Brc1cccc([C@@H](CC2CC2)N2CCNCC2)c1. The maximum absolute atomic E-state index is 3.61. The van der Waals surface area contributed by atoms with Crippen molar-refractivity contribution in [1.82, 2.24) is 10.2 Å². The van der Waals surface area contributed by atoms with E-state index in [0.29, 0.717) is 6.04 Å². The molecule has 0 amide bonds. The minimum absolute atomic E-state index is 0.622. The zero-order chi connectivity index (χ0) is 12.4. The van der Waals surface area contributed by atoms with Gasteiger partial charge in [0.1, 0.15) is 0 Å². The minimum Gasteiger partial charge on any atom is -0.314 e. The summed E-state index contributed by atoms with van der Waals surface area (Å²) in [7, 11) is 0. The van der Waals surface area contributed by atoms with Crippen LogP contribution in [0.2, 0.25) is 0 Å². The highest BCUT2D eigenvalue weighted by atomic mass is 79.9. The highest BCUT2D eigenvalue weighted by molar-refractivity contribution is 9.10. The largest absolute Gasteiger partial charge is 0.314 e. The molecule has 98 valence electrons. The third-order valence-electron chi connectivity index (χ3n) is 4.08. The van der Waals surface area contributed by atoms with Crippen molar-refractivity contribution in [2.45, 2.75) is 25.3 Å². The normalized spacial score (nSPS) is 22.9. The zero-order valence-corrected chi connectivity index (χ0v) is 12.3. The van der Waals surface area contributed by atoms with Crippen LogP contribution < -0.4 is 5.32 Å². The van der Waals surface area contributed by atoms with Crippen molar-refractivity contribution >= 4 is 15.9 Å². The number of rotatable bonds is 4. The maximum Gasteiger partial charge on any atom is 0.0352 e. The van der Waals surface area contributed by atoms with Gasteiger partial charge in [0.25, 0.3) is 0 Å². The Hall–Kier alpha value is -0.380. The number of nitrogens with zero attached hydrogens (tertiary/aromatic N) is 1. The van der Waals surface area contributed by atoms with Crippen LogP contribution in [0.15, 0.2) is 28.7 Å². The fraction of sp³-hybridized carbons (Fsp3) is 0.600. The van der Waals surface area contributed by atoms with E-state index in [-0.39, 0.29) is 0 Å². The standard InChI is InChI=1S/C15H21BrN2/c16-14-3-1-2-13(11-14)15(10-12-4-5-12)18-8-6-17-7-9-18/h1-3,11-12,15,17H,4-10H2/t15-/m1/s1. The molecule has 0 bridgehead atoms. The molecule has 1 saturated carbocycles. The predicted octanol–water partition coefficient (Wildman–Crippen LogP) is 3.20. The summed E-state index contributed by atoms with van der Waals surface area (Å²) in [5, 5.41) is 3.45. The summed E-state index contributed by atoms with van der Waals surface area (Å²) in [5.74, 6) is 0.976. The molecule has 1 aliphatic carbocycles. The number of halogens is 1. The van der Waals surface area contributed by atoms with Crippen LogP contribution >= 0.6 is 15.9 Å². The van der Waals surface area contributed by atoms with Crippen LogP contribution in [0, 0.1) is 5.92 Å². The van der Waals surface area contributed by atoms with Crippen molar-refractivity contribution in [3.8, 4) is 0 Å². The molecule has 2 nitrogen and oxygen atoms in total. The Morgan fingerprint density at radius 2 is 2.06 bits per heavy atom. The lowest BCUT2D eigenvalue weighted by Gasteiger charge is -2.35. The molecule has 1 aromatic carbocycles. The smallest absolute Gasteiger partial charge is 0.0352 e. The molecule has 0 aromatic heterocycles. The first-order valence-corrected chi connectivity index (χ1v) is 7.82. The summed E-state index contributed by atoms with van der Waals surface area (Å²) in [6.07, 6.45) is 4.23. The highest BCUT2D eigenvalue weighted by Crippen LogP contribution is 2.40. The number of hydrogen-bond acceptors (Lipinski definition) is 2. The van der Waals surface area contributed by atoms with E-state index in [1.165, 1.54) is 42.4 Å². The van der Waals surface area contributed by atoms with E-state index in [0.717, 1.165) is 19.0 Å². The first kappa shape index (κ1) is 12.6. The van der Waals surface area contributed by atoms with Crippen LogP contribution in [0.4, 0.5) is 0 Å². The van der Waals surface area contributed by atoms with E-state index in [1.807, 2.05) is 0 Å². The second-order valence-electron chi connectivity index (χ2n) is 5.54. The molecule has 3 heteroatoms. The Balaban J connectivity index is 1.78. The molecule has 1 heterocycles. The summed E-state index contributed by atoms with van der Waals surface area (Å²) in [5.41, 5.74) is 1.48. The van der Waals surface area contributed by atoms with E-state index in [1.54, 1.807) is 0 Å². The second-order valence-corrected chi connectivity index (χ2v) is 6.45. The lowest BCUT2D eigenvalue weighted by Crippen LogP contribution is -2.45. The highest BCUT2D eigenvalue weighted by Gasteiger charge is 2.30. The molecule has 2 aliphatic rings. The van der Waals surface area contributed by atoms with E-state index >= 15 is 0 Å². The zero-order valence-electron chi connectivity index (χ0n) is 10.7. The summed E-state index contributed by atoms with van der Waals surface area (Å²) in [6, 6.07) is 9.50. The topological polar surface area (TPSA) is 15.3 Å². The summed E-state index contributed by atoms with van der Waals surface area (Å²) >= 11 is 3.61. The fourth-order valence-corrected chi connectivity index (χ4v) is 3.29. The van der Waals surface area contributed by atoms with Gasteiger partial charge in [0.05, 0.1) is 0 Å². The first-order valence-electron chi connectivity index (χ1n) is 7.03. The first-order chi connectivity index (χ1) is 8.83. The molecule has 1 saturated heterocycles. The monoisotopic (exact) mass is 308 g/mol. The van der Waals surface area contributed by atoms with E-state index < -0.39 is 0 Å². The molecule has 1 N–H and O–H groups in total. The van der Waals surface area contributed by atoms with Crippen LogP contribution in [0.3, 0.4) is 0 Å². The van der Waals surface area contributed by atoms with Crippen LogP contribution in [-0.4, -0.2) is 31.1 Å². The molecular weight excluding hydrogens is 288 g/mol. The van der Waals surface area contributed by atoms with Gasteiger partial charge in [0, 0.05) is 36.7 Å². The van der Waals surface area contributed by atoms with Gasteiger partial charge in [-0.3, -0.25) is 4.90 Å². The van der Waals surface area contributed by atoms with Gasteiger partial charge < -0.3 is 5.32 Å². The van der Waals surface area contributed by atoms with Crippen molar-refractivity contribution in [2.24, 2.45) is 5.92 Å². The maximum atomic E-state index is 3.61. The molecule has 0 radical (unpaired) electrons.